The average Bonchev–Trinajstić information content (AvgIpc) is 1.50. The van der Waals surface area contributed by atoms with Gasteiger partial charge in [-0.25, -0.2) is 0 Å². The van der Waals surface area contributed by atoms with Gasteiger partial charge in [0.1, 0.15) is 11.2 Å². The summed E-state index contributed by atoms with van der Waals surface area (Å²) in [6, 6.07) is 198. The molecule has 0 radical (unpaired) electrons. The van der Waals surface area contributed by atoms with Crippen molar-refractivity contribution in [1.82, 2.24) is 32.0 Å². The standard InChI is InChI=1S/C42H28N2.C36H23NO.2C30H20N2/c1-3-13-29(14-4-1)31-17-11-19-33(27-31)43-39-23-9-7-21-35(39)37-25-26-38-36-22-8-10-24-40(36)44(42(38)41(37)43)34-20-12-18-32(28-34)30-15-5-2-6-16-30;1-3-11-24(12-4-1)26-19-27(25-13-5-2-6-14-25)21-28(20-26)37-33-17-9-7-15-29(33)31-22-32-30-16-8-10-18-35(30)38-36(32)23-34(31)37;1-3-11-21(12-4-1)31-27-17-9-7-15-23(27)25-20-30-26(19-29(25)31)24-16-8-10-18-28(24)32(30)22-13-5-2-6-14-22;1-3-11-21(12-4-1)31-27-17-9-7-15-23(27)25-19-20-26-24-16-8-10-18-28(24)32(30(26)29(25)31)22-13-5-2-6-14-22/h1-28H;1-23H;2*1-20H. The molecule has 31 rings (SSSR count). The van der Waals surface area contributed by atoms with Gasteiger partial charge in [0.2, 0.25) is 0 Å². The van der Waals surface area contributed by atoms with Crippen molar-refractivity contribution in [3.8, 4) is 84.3 Å². The van der Waals surface area contributed by atoms with Crippen molar-refractivity contribution in [1.29, 1.82) is 0 Å². The van der Waals surface area contributed by atoms with Gasteiger partial charge >= 0.3 is 0 Å². The second kappa shape index (κ2) is 35.4. The quantitative estimate of drug-likeness (QED) is 0.127. The van der Waals surface area contributed by atoms with Crippen molar-refractivity contribution >= 4 is 175 Å². The zero-order valence-electron chi connectivity index (χ0n) is 79.6. The predicted octanol–water partition coefficient (Wildman–Crippen LogP) is 37.0. The van der Waals surface area contributed by atoms with Gasteiger partial charge in [0, 0.05) is 132 Å². The molecule has 8 heteroatoms. The Morgan fingerprint density at radius 1 is 0.103 bits per heavy atom. The minimum atomic E-state index is 0.908. The van der Waals surface area contributed by atoms with E-state index in [9.17, 15) is 0 Å². The smallest absolute Gasteiger partial charge is 0.137 e. The topological polar surface area (TPSA) is 47.6 Å². The zero-order valence-corrected chi connectivity index (χ0v) is 79.6. The highest BCUT2D eigenvalue weighted by Gasteiger charge is 2.27. The molecule has 146 heavy (non-hydrogen) atoms. The van der Waals surface area contributed by atoms with Crippen molar-refractivity contribution in [3.05, 3.63) is 552 Å². The molecule has 0 spiro atoms. The van der Waals surface area contributed by atoms with E-state index in [1.165, 1.54) is 214 Å². The van der Waals surface area contributed by atoms with Gasteiger partial charge in [-0.3, -0.25) is 0 Å². The molecule has 0 aliphatic rings. The molecule has 0 unspecified atom stereocenters. The normalized spacial score (nSPS) is 11.7. The molecular formula is C138H91N7O. The molecule has 0 aliphatic heterocycles. The summed E-state index contributed by atoms with van der Waals surface area (Å²) in [5.74, 6) is 0. The molecule has 0 saturated heterocycles. The van der Waals surface area contributed by atoms with Crippen molar-refractivity contribution in [2.45, 2.75) is 0 Å². The van der Waals surface area contributed by atoms with Gasteiger partial charge < -0.3 is 36.4 Å². The zero-order chi connectivity index (χ0) is 96.2. The SMILES string of the molecule is c1ccc(-c2cc(-c3ccccc3)cc(-n3c4ccccc4c4cc5c(cc43)oc3ccccc35)c2)cc1.c1ccc(-c2cccc(-n3c4ccccc4c4ccc5c6ccccc6n(-c6cccc(-c7ccccc7)c6)c5c43)c2)cc1.c1ccc(-n2c3ccccc3c3cc4c(cc32)c2ccccc2n4-c2ccccc2)cc1.c1ccc(-n2c3ccccc3c3ccc4c5ccccc5n(-c5ccccc5)c4c32)cc1. The molecule has 8 aromatic heterocycles. The number of nitrogens with zero attached hydrogens (tertiary/aromatic N) is 7. The van der Waals surface area contributed by atoms with Gasteiger partial charge in [-0.15, -0.1) is 0 Å². The molecule has 0 amide bonds. The Balaban J connectivity index is 0.0000000950. The highest BCUT2D eigenvalue weighted by atomic mass is 16.3. The molecule has 23 aromatic carbocycles. The van der Waals surface area contributed by atoms with Crippen LogP contribution in [0.3, 0.4) is 0 Å². The molecule has 0 N–H and O–H groups in total. The number of rotatable bonds is 11. The van der Waals surface area contributed by atoms with Gasteiger partial charge in [0.05, 0.1) is 77.2 Å². The summed E-state index contributed by atoms with van der Waals surface area (Å²) in [6.07, 6.45) is 0. The molecule has 31 aromatic rings. The largest absolute Gasteiger partial charge is 0.456 e. The van der Waals surface area contributed by atoms with E-state index in [-0.39, 0.29) is 0 Å². The third kappa shape index (κ3) is 14.1. The maximum atomic E-state index is 6.32. The van der Waals surface area contributed by atoms with Crippen LogP contribution in [0, 0.1) is 0 Å². The van der Waals surface area contributed by atoms with E-state index in [2.05, 4.69) is 572 Å². The minimum absolute atomic E-state index is 0.908. The number of furan rings is 1. The molecular weight excluding hydrogens is 1770 g/mol. The third-order valence-electron chi connectivity index (χ3n) is 29.4. The van der Waals surface area contributed by atoms with Crippen molar-refractivity contribution in [2.75, 3.05) is 0 Å². The van der Waals surface area contributed by atoms with Crippen molar-refractivity contribution < 1.29 is 4.42 Å². The second-order valence-electron chi connectivity index (χ2n) is 37.7. The second-order valence-corrected chi connectivity index (χ2v) is 37.7. The number of hydrogen-bond acceptors (Lipinski definition) is 1. The van der Waals surface area contributed by atoms with E-state index < -0.39 is 0 Å². The lowest BCUT2D eigenvalue weighted by atomic mass is 9.98. The van der Waals surface area contributed by atoms with Crippen LogP contribution in [0.2, 0.25) is 0 Å². The van der Waals surface area contributed by atoms with Crippen LogP contribution in [0.15, 0.2) is 556 Å². The maximum absolute atomic E-state index is 6.32. The van der Waals surface area contributed by atoms with Gasteiger partial charge in [-0.05, 0) is 202 Å². The molecule has 8 nitrogen and oxygen atoms in total. The van der Waals surface area contributed by atoms with E-state index >= 15 is 0 Å². The van der Waals surface area contributed by atoms with E-state index in [1.807, 2.05) is 12.1 Å². The summed E-state index contributed by atoms with van der Waals surface area (Å²) in [6.45, 7) is 0. The van der Waals surface area contributed by atoms with Crippen LogP contribution in [-0.2, 0) is 0 Å². The summed E-state index contributed by atoms with van der Waals surface area (Å²) in [5, 5.41) is 20.0. The molecule has 0 aliphatic carbocycles. The van der Waals surface area contributed by atoms with Crippen LogP contribution in [-0.4, -0.2) is 32.0 Å². The first-order valence-electron chi connectivity index (χ1n) is 50.0. The number of aromatic nitrogens is 7. The lowest BCUT2D eigenvalue weighted by molar-refractivity contribution is 0.669. The van der Waals surface area contributed by atoms with Crippen LogP contribution in [0.4, 0.5) is 0 Å². The van der Waals surface area contributed by atoms with E-state index in [1.54, 1.807) is 0 Å². The van der Waals surface area contributed by atoms with Crippen LogP contribution in [0.5, 0.6) is 0 Å². The summed E-state index contributed by atoms with van der Waals surface area (Å²) < 4.78 is 23.3. The van der Waals surface area contributed by atoms with Crippen LogP contribution < -0.4 is 0 Å². The highest BCUT2D eigenvalue weighted by Crippen LogP contribution is 2.48. The minimum Gasteiger partial charge on any atom is -0.456 e. The first kappa shape index (κ1) is 84.5. The van der Waals surface area contributed by atoms with Gasteiger partial charge in [0.25, 0.3) is 0 Å². The van der Waals surface area contributed by atoms with Crippen LogP contribution in [0.25, 0.3) is 259 Å². The Morgan fingerprint density at radius 3 is 0.664 bits per heavy atom. The lowest BCUT2D eigenvalue weighted by Gasteiger charge is -2.14. The third-order valence-corrected chi connectivity index (χ3v) is 29.4. The number of fused-ring (bicyclic) bond motifs is 26. The summed E-state index contributed by atoms with van der Waals surface area (Å²) in [7, 11) is 0. The number of benzene rings is 23. The Morgan fingerprint density at radius 2 is 0.329 bits per heavy atom. The molecule has 0 atom stereocenters. The summed E-state index contributed by atoms with van der Waals surface area (Å²) in [4.78, 5) is 0. The number of para-hydroxylation sites is 12. The lowest BCUT2D eigenvalue weighted by Crippen LogP contribution is -1.99. The summed E-state index contributed by atoms with van der Waals surface area (Å²) in [5.41, 5.74) is 36.7. The van der Waals surface area contributed by atoms with Gasteiger partial charge in [0.15, 0.2) is 0 Å². The molecule has 0 fully saturated rings. The summed E-state index contributed by atoms with van der Waals surface area (Å²) >= 11 is 0. The Bertz CT molecular complexity index is 9970. The predicted molar refractivity (Wildman–Crippen MR) is 615 cm³/mol. The fourth-order valence-corrected chi connectivity index (χ4v) is 23.1. The molecule has 0 bridgehead atoms. The van der Waals surface area contributed by atoms with Gasteiger partial charge in [-0.1, -0.05) is 388 Å². The van der Waals surface area contributed by atoms with Gasteiger partial charge in [-0.2, -0.15) is 0 Å². The molecule has 8 heterocycles. The molecule has 684 valence electrons. The highest BCUT2D eigenvalue weighted by molar-refractivity contribution is 6.27. The average molecular weight is 1860 g/mol. The molecule has 0 saturated carbocycles. The van der Waals surface area contributed by atoms with Crippen LogP contribution in [0.1, 0.15) is 0 Å². The van der Waals surface area contributed by atoms with E-state index in [0.29, 0.717) is 0 Å². The number of hydrogen-bond donors (Lipinski definition) is 0. The fourth-order valence-electron chi connectivity index (χ4n) is 23.1. The Kier molecular flexibility index (Phi) is 20.5. The first-order chi connectivity index (χ1) is 72.5. The Hall–Kier alpha value is -19.5. The van der Waals surface area contributed by atoms with Crippen molar-refractivity contribution in [2.24, 2.45) is 0 Å². The maximum Gasteiger partial charge on any atom is 0.137 e. The van der Waals surface area contributed by atoms with Crippen molar-refractivity contribution in [3.63, 3.8) is 0 Å². The monoisotopic (exact) mass is 1860 g/mol. The first-order valence-corrected chi connectivity index (χ1v) is 50.0. The fraction of sp³-hybridized carbons (Fsp3) is 0. The van der Waals surface area contributed by atoms with Crippen LogP contribution >= 0.6 is 0 Å². The Labute approximate surface area is 841 Å². The van der Waals surface area contributed by atoms with E-state index in [4.69, 9.17) is 4.42 Å². The van der Waals surface area contributed by atoms with E-state index in [0.717, 1.165) is 44.5 Å².